The number of Topliss-reactive ketones (excluding diaryl/α,β-unsaturated/α-hetero) is 5. The number of rotatable bonds is 66. The van der Waals surface area contributed by atoms with Crippen LogP contribution in [0.15, 0.2) is 0 Å². The lowest BCUT2D eigenvalue weighted by Gasteiger charge is -2.40. The number of hydrogen-bond acceptors (Lipinski definition) is 28. The molecule has 0 bridgehead atoms. The van der Waals surface area contributed by atoms with Crippen molar-refractivity contribution >= 4 is 54.2 Å². The highest BCUT2D eigenvalue weighted by atomic mass is 31.2. The molecule has 16 unspecified atom stereocenters. The Morgan fingerprint density at radius 3 is 1.13 bits per heavy atom. The Hall–Kier alpha value is -3.81. The topological polar surface area (TPSA) is 476 Å². The fourth-order valence-corrected chi connectivity index (χ4v) is 14.9. The largest absolute Gasteiger partial charge is 0.394 e. The van der Waals surface area contributed by atoms with Crippen molar-refractivity contribution in [2.75, 3.05) is 112 Å². The van der Waals surface area contributed by atoms with Gasteiger partial charge in [0.15, 0.2) is 18.9 Å². The molecule has 0 saturated carbocycles. The number of ketones is 5. The first kappa shape index (κ1) is 102. The number of aliphatic hydroxyl groups excluding tert-OH is 9. The number of carbonyl (C=O) groups is 8. The quantitative estimate of drug-likeness (QED) is 0.0284. The van der Waals surface area contributed by atoms with Crippen molar-refractivity contribution in [1.82, 2.24) is 15.5 Å². The molecule has 3 amide bonds. The zero-order chi connectivity index (χ0) is 83.1. The van der Waals surface area contributed by atoms with Gasteiger partial charge in [0.05, 0.1) is 90.4 Å². The van der Waals surface area contributed by atoms with Crippen LogP contribution in [-0.2, 0) is 90.1 Å². The van der Waals surface area contributed by atoms with Crippen molar-refractivity contribution in [3.05, 3.63) is 0 Å². The first-order valence-corrected chi connectivity index (χ1v) is 43.9. The average molecular weight is 1640 g/mol. The molecule has 4 aliphatic heterocycles. The second-order valence-corrected chi connectivity index (χ2v) is 33.8. The molecule has 32 nitrogen and oxygen atoms in total. The van der Waals surface area contributed by atoms with E-state index in [0.29, 0.717) is 148 Å². The number of amides is 3. The van der Waals surface area contributed by atoms with Gasteiger partial charge in [-0.05, 0) is 95.8 Å². The fourth-order valence-electron chi connectivity index (χ4n) is 14.4. The molecule has 656 valence electrons. The van der Waals surface area contributed by atoms with Gasteiger partial charge < -0.3 is 114 Å². The molecule has 0 aromatic rings. The van der Waals surface area contributed by atoms with E-state index in [2.05, 4.69) is 10.6 Å². The number of carbonyl (C=O) groups excluding carboxylic acids is 8. The molecule has 12 N–H and O–H groups in total. The van der Waals surface area contributed by atoms with Crippen molar-refractivity contribution in [1.29, 1.82) is 0 Å². The second-order valence-electron chi connectivity index (χ2n) is 31.9. The molecule has 18 atom stereocenters. The minimum Gasteiger partial charge on any atom is -0.394 e. The zero-order valence-electron chi connectivity index (χ0n) is 68.1. The summed E-state index contributed by atoms with van der Waals surface area (Å²) in [6, 6.07) is -0.251. The standard InChI is InChI=1S/C80H142N3O29P/c1-55-45-59(51-109-113(5,101)102)83(47-55)70(94)33-17-9-7-6-8-12-31-64(91)46-80(52-103-42-34-62(89)27-15-10-13-25-60(87)29-18-21-39-106-77-56(2)71(95)74(98)65(48-84)110-77,53-104-43-35-63(90)28-16-11-14-26-61(88)30-19-22-40-107-78-57(3)72(96)75(99)66(49-85)111-78)54-105-44-36-69(93)82-38-24-37-81-68(92)32-20-23-41-108-79-58(4)73(97)76(100)67(50-86)112-79/h55-59,65-67,71-79,84-86,95-100H,6-54H2,1-5H3,(H,81,92)(H,82,93)(H,101,102)/t55-,56?,57?,58?,59+,65?,66?,67?,71?,72?,73?,74?,75?,76?,77?,78?,79?,80?/m1/s1. The molecule has 0 aromatic carbocycles. The number of unbranched alkanes of at least 4 members (excludes halogenated alkanes) is 12. The molecule has 113 heavy (non-hydrogen) atoms. The Morgan fingerprint density at radius 1 is 0.416 bits per heavy atom. The predicted molar refractivity (Wildman–Crippen MR) is 413 cm³/mol. The number of hydrogen-bond donors (Lipinski definition) is 12. The van der Waals surface area contributed by atoms with Crippen LogP contribution in [0.1, 0.15) is 240 Å². The molecular weight excluding hydrogens is 1500 g/mol. The molecule has 0 spiro atoms. The fraction of sp³-hybridized carbons (Fsp3) is 0.900. The van der Waals surface area contributed by atoms with Gasteiger partial charge in [-0.15, -0.1) is 0 Å². The van der Waals surface area contributed by atoms with E-state index in [0.717, 1.165) is 32.3 Å². The lowest BCUT2D eigenvalue weighted by atomic mass is 9.83. The maximum Gasteiger partial charge on any atom is 0.325 e. The summed E-state index contributed by atoms with van der Waals surface area (Å²) in [7, 11) is -3.69. The van der Waals surface area contributed by atoms with Gasteiger partial charge in [0.25, 0.3) is 0 Å². The van der Waals surface area contributed by atoms with Crippen molar-refractivity contribution in [3.63, 3.8) is 0 Å². The van der Waals surface area contributed by atoms with Gasteiger partial charge in [0, 0.05) is 153 Å². The number of ether oxygens (including phenoxy) is 9. The van der Waals surface area contributed by atoms with Crippen molar-refractivity contribution in [2.45, 2.75) is 319 Å². The lowest BCUT2D eigenvalue weighted by molar-refractivity contribution is -0.282. The highest BCUT2D eigenvalue weighted by Crippen LogP contribution is 2.39. The smallest absolute Gasteiger partial charge is 0.325 e. The Morgan fingerprint density at radius 2 is 0.743 bits per heavy atom. The Balaban J connectivity index is 1.28. The third-order valence-electron chi connectivity index (χ3n) is 21.6. The number of nitrogens with one attached hydrogen (secondary N) is 2. The van der Waals surface area contributed by atoms with Crippen molar-refractivity contribution in [2.24, 2.45) is 29.1 Å². The van der Waals surface area contributed by atoms with E-state index in [1.165, 1.54) is 0 Å². The molecule has 33 heteroatoms. The molecule has 4 fully saturated rings. The molecule has 0 aromatic heterocycles. The highest BCUT2D eigenvalue weighted by molar-refractivity contribution is 7.51. The number of likely N-dealkylation sites (tertiary alicyclic amines) is 1. The van der Waals surface area contributed by atoms with Crippen molar-refractivity contribution in [3.8, 4) is 0 Å². The summed E-state index contributed by atoms with van der Waals surface area (Å²) in [5, 5.41) is 95.4. The van der Waals surface area contributed by atoms with Gasteiger partial charge in [0.2, 0.25) is 17.7 Å². The van der Waals surface area contributed by atoms with Crippen LogP contribution in [0.2, 0.25) is 0 Å². The summed E-state index contributed by atoms with van der Waals surface area (Å²) in [6.45, 7) is 8.55. The van der Waals surface area contributed by atoms with Crippen LogP contribution < -0.4 is 10.6 Å². The molecule has 4 saturated heterocycles. The third-order valence-corrected chi connectivity index (χ3v) is 22.2. The molecule has 4 aliphatic rings. The average Bonchev–Trinajstić information content (AvgIpc) is 1.53. The van der Waals surface area contributed by atoms with Crippen LogP contribution in [0.3, 0.4) is 0 Å². The van der Waals surface area contributed by atoms with Crippen LogP contribution in [0, 0.1) is 29.1 Å². The number of nitrogens with zero attached hydrogens (tertiary/aromatic N) is 1. The van der Waals surface area contributed by atoms with E-state index in [4.69, 9.17) is 47.2 Å². The Kier molecular flexibility index (Phi) is 51.6. The molecule has 0 radical (unpaired) electrons. The van der Waals surface area contributed by atoms with Gasteiger partial charge in [-0.1, -0.05) is 66.2 Å². The highest BCUT2D eigenvalue weighted by Gasteiger charge is 2.45. The predicted octanol–water partition coefficient (Wildman–Crippen LogP) is 4.93. The molecular formula is C80H142N3O29P. The number of aliphatic hydroxyl groups is 9. The summed E-state index contributed by atoms with van der Waals surface area (Å²) in [6.07, 6.45) is 3.17. The van der Waals surface area contributed by atoms with Crippen LogP contribution in [0.25, 0.3) is 0 Å². The zero-order valence-corrected chi connectivity index (χ0v) is 69.0. The van der Waals surface area contributed by atoms with E-state index >= 15 is 0 Å². The first-order chi connectivity index (χ1) is 54.0. The second kappa shape index (κ2) is 57.4. The maximum atomic E-state index is 14.2. The normalized spacial score (nSPS) is 27.0. The summed E-state index contributed by atoms with van der Waals surface area (Å²) >= 11 is 0. The Bertz CT molecular complexity index is 2530. The molecule has 4 heterocycles. The minimum absolute atomic E-state index is 0.00814. The van der Waals surface area contributed by atoms with E-state index in [1.54, 1.807) is 25.7 Å². The molecule has 4 rings (SSSR count). The minimum atomic E-state index is -3.69. The van der Waals surface area contributed by atoms with E-state index in [9.17, 15) is 93.8 Å². The van der Waals surface area contributed by atoms with Crippen LogP contribution in [0.4, 0.5) is 0 Å². The van der Waals surface area contributed by atoms with Crippen LogP contribution in [-0.4, -0.2) is 294 Å². The third kappa shape index (κ3) is 41.1. The van der Waals surface area contributed by atoms with E-state index < -0.39 is 124 Å². The van der Waals surface area contributed by atoms with Crippen LogP contribution >= 0.6 is 7.60 Å². The van der Waals surface area contributed by atoms with Crippen LogP contribution in [0.5, 0.6) is 0 Å². The van der Waals surface area contributed by atoms with Crippen molar-refractivity contribution < 1.29 is 141 Å². The van der Waals surface area contributed by atoms with E-state index in [1.807, 2.05) is 6.92 Å². The monoisotopic (exact) mass is 1640 g/mol. The van der Waals surface area contributed by atoms with Gasteiger partial charge >= 0.3 is 7.60 Å². The van der Waals surface area contributed by atoms with Gasteiger partial charge in [-0.3, -0.25) is 42.9 Å². The lowest BCUT2D eigenvalue weighted by Crippen LogP contribution is -2.55. The Labute approximate surface area is 668 Å². The summed E-state index contributed by atoms with van der Waals surface area (Å²) in [5.74, 6) is -1.79. The maximum absolute atomic E-state index is 14.2. The van der Waals surface area contributed by atoms with Gasteiger partial charge in [-0.2, -0.15) is 0 Å². The summed E-state index contributed by atoms with van der Waals surface area (Å²) < 4.78 is 69.8. The molecule has 0 aliphatic carbocycles. The van der Waals surface area contributed by atoms with E-state index in [-0.39, 0.29) is 183 Å². The SMILES string of the molecule is CC1C(OCCCCC(=O)CCCCCC(=O)CCOCC(COCCC(=O)CCCCCC(=O)CCCCOC2OC(CO)C(O)C(O)C2C)(COCCC(=O)NCCCNC(=O)CCCCOC2OC(CO)C(O)C(O)C2C)CC(=O)CCCCCCCCC(=O)N2C[C@H](C)C[C@H]2COP(C)(=O)O)OC(CO)C(O)C1O. The van der Waals surface area contributed by atoms with Gasteiger partial charge in [-0.25, -0.2) is 0 Å². The van der Waals surface area contributed by atoms with Gasteiger partial charge in [0.1, 0.15) is 65.5 Å². The first-order valence-electron chi connectivity index (χ1n) is 41.8. The summed E-state index contributed by atoms with van der Waals surface area (Å²) in [5.41, 5.74) is -1.11. The summed E-state index contributed by atoms with van der Waals surface area (Å²) in [4.78, 5) is 116.